The Balaban J connectivity index is 1.50. The lowest BCUT2D eigenvalue weighted by molar-refractivity contribution is -0.149. The van der Waals surface area contributed by atoms with E-state index < -0.39 is 0 Å². The molecule has 0 aliphatic heterocycles. The monoisotopic (exact) mass is 430 g/mol. The molecule has 0 radical (unpaired) electrons. The summed E-state index contributed by atoms with van der Waals surface area (Å²) in [6.45, 7) is 11.2. The molecule has 4 aliphatic rings. The zero-order valence-corrected chi connectivity index (χ0v) is 20.2. The Morgan fingerprint density at radius 1 is 1.13 bits per heavy atom. The van der Waals surface area contributed by atoms with E-state index in [0.29, 0.717) is 30.3 Å². The molecule has 0 heterocycles. The molecule has 0 spiro atoms. The maximum Gasteiger partial charge on any atom is 0.306 e. The maximum atomic E-state index is 12.1. The summed E-state index contributed by atoms with van der Waals surface area (Å²) in [6, 6.07) is 0. The van der Waals surface area contributed by atoms with Crippen LogP contribution >= 0.6 is 0 Å². The molecule has 0 amide bonds. The number of hydrogen-bond acceptors (Lipinski definition) is 4. The standard InChI is InChI=1S/C27H42O4/c1-6-30-25(29)15-17(2)22-9-10-23-21-8-7-19-16-20(31-18(3)28)11-13-26(19,4)24(21)12-14-27(22,23)5/h7,17,20-24H,6,8-16H2,1-5H3/t17-,20+,21-,22+,23+,24-,26+,27-/m1/s1. The van der Waals surface area contributed by atoms with Crippen LogP contribution < -0.4 is 0 Å². The Kier molecular flexibility index (Phi) is 6.31. The second-order valence-electron chi connectivity index (χ2n) is 11.4. The van der Waals surface area contributed by atoms with E-state index in [-0.39, 0.29) is 23.5 Å². The van der Waals surface area contributed by atoms with Gasteiger partial charge in [-0.3, -0.25) is 9.59 Å². The van der Waals surface area contributed by atoms with E-state index in [1.807, 2.05) is 6.92 Å². The molecule has 0 bridgehead atoms. The van der Waals surface area contributed by atoms with Crippen molar-refractivity contribution >= 4 is 11.9 Å². The van der Waals surface area contributed by atoms with Gasteiger partial charge in [0.1, 0.15) is 6.10 Å². The lowest BCUT2D eigenvalue weighted by atomic mass is 9.47. The van der Waals surface area contributed by atoms with Crippen molar-refractivity contribution in [1.82, 2.24) is 0 Å². The van der Waals surface area contributed by atoms with Crippen molar-refractivity contribution in [2.24, 2.45) is 40.4 Å². The van der Waals surface area contributed by atoms with E-state index in [0.717, 1.165) is 37.0 Å². The lowest BCUT2D eigenvalue weighted by Gasteiger charge is -2.58. The van der Waals surface area contributed by atoms with Crippen molar-refractivity contribution in [2.45, 2.75) is 98.5 Å². The molecule has 0 saturated heterocycles. The SMILES string of the molecule is CCOC(=O)C[C@@H](C)[C@@H]1CC[C@H]2[C@H]3CC=C4C[C@@H](OC(C)=O)CC[C@]4(C)[C@@H]3CC[C@@]21C. The molecule has 0 N–H and O–H groups in total. The maximum absolute atomic E-state index is 12.1. The molecule has 4 nitrogen and oxygen atoms in total. The number of carbonyl (C=O) groups is 2. The second kappa shape index (κ2) is 8.56. The molecule has 31 heavy (non-hydrogen) atoms. The van der Waals surface area contributed by atoms with Crippen LogP contribution in [0.4, 0.5) is 0 Å². The van der Waals surface area contributed by atoms with Gasteiger partial charge in [0.25, 0.3) is 0 Å². The van der Waals surface area contributed by atoms with Gasteiger partial charge in [0, 0.05) is 19.8 Å². The summed E-state index contributed by atoms with van der Waals surface area (Å²) in [4.78, 5) is 23.6. The zero-order chi connectivity index (χ0) is 22.4. The number of esters is 2. The summed E-state index contributed by atoms with van der Waals surface area (Å²) in [5.74, 6) is 3.13. The first-order valence-corrected chi connectivity index (χ1v) is 12.7. The molecule has 4 heteroatoms. The molecule has 4 aliphatic carbocycles. The van der Waals surface area contributed by atoms with Crippen molar-refractivity contribution in [3.63, 3.8) is 0 Å². The van der Waals surface area contributed by atoms with Crippen molar-refractivity contribution in [2.75, 3.05) is 6.61 Å². The predicted molar refractivity (Wildman–Crippen MR) is 121 cm³/mol. The van der Waals surface area contributed by atoms with Gasteiger partial charge in [-0.05, 0) is 92.3 Å². The highest BCUT2D eigenvalue weighted by Crippen LogP contribution is 2.67. The van der Waals surface area contributed by atoms with Gasteiger partial charge in [-0.2, -0.15) is 0 Å². The Labute approximate surface area is 188 Å². The predicted octanol–water partition coefficient (Wildman–Crippen LogP) is 6.09. The zero-order valence-electron chi connectivity index (χ0n) is 20.2. The smallest absolute Gasteiger partial charge is 0.306 e. The van der Waals surface area contributed by atoms with Crippen LogP contribution in [0.3, 0.4) is 0 Å². The minimum Gasteiger partial charge on any atom is -0.466 e. The third kappa shape index (κ3) is 3.97. The number of hydrogen-bond donors (Lipinski definition) is 0. The number of allylic oxidation sites excluding steroid dienone is 1. The van der Waals surface area contributed by atoms with E-state index in [2.05, 4.69) is 26.8 Å². The molecule has 0 aromatic heterocycles. The minimum atomic E-state index is -0.148. The van der Waals surface area contributed by atoms with Gasteiger partial charge in [-0.25, -0.2) is 0 Å². The molecule has 0 aromatic rings. The van der Waals surface area contributed by atoms with Gasteiger partial charge >= 0.3 is 11.9 Å². The summed E-state index contributed by atoms with van der Waals surface area (Å²) < 4.78 is 10.8. The van der Waals surface area contributed by atoms with Gasteiger partial charge < -0.3 is 9.47 Å². The van der Waals surface area contributed by atoms with Gasteiger partial charge in [-0.15, -0.1) is 0 Å². The van der Waals surface area contributed by atoms with E-state index >= 15 is 0 Å². The third-order valence-corrected chi connectivity index (χ3v) is 9.95. The average Bonchev–Trinajstić information content (AvgIpc) is 3.05. The number of fused-ring (bicyclic) bond motifs is 5. The lowest BCUT2D eigenvalue weighted by Crippen LogP contribution is -2.51. The Morgan fingerprint density at radius 2 is 1.90 bits per heavy atom. The number of rotatable bonds is 5. The molecular formula is C27H42O4. The largest absolute Gasteiger partial charge is 0.466 e. The highest BCUT2D eigenvalue weighted by Gasteiger charge is 2.59. The van der Waals surface area contributed by atoms with E-state index in [1.165, 1.54) is 39.0 Å². The van der Waals surface area contributed by atoms with Gasteiger partial charge in [0.15, 0.2) is 0 Å². The minimum absolute atomic E-state index is 0.0296. The first kappa shape index (κ1) is 22.9. The van der Waals surface area contributed by atoms with Crippen molar-refractivity contribution in [3.05, 3.63) is 11.6 Å². The molecule has 0 unspecified atom stereocenters. The van der Waals surface area contributed by atoms with E-state index in [1.54, 1.807) is 5.57 Å². The molecule has 8 atom stereocenters. The summed E-state index contributed by atoms with van der Waals surface area (Å²) in [5, 5.41) is 0. The summed E-state index contributed by atoms with van der Waals surface area (Å²) in [6.07, 6.45) is 12.6. The van der Waals surface area contributed by atoms with Gasteiger partial charge in [0.05, 0.1) is 6.61 Å². The topological polar surface area (TPSA) is 52.6 Å². The van der Waals surface area contributed by atoms with Crippen LogP contribution in [0.2, 0.25) is 0 Å². The van der Waals surface area contributed by atoms with E-state index in [9.17, 15) is 9.59 Å². The fourth-order valence-corrected chi connectivity index (χ4v) is 8.56. The van der Waals surface area contributed by atoms with Crippen LogP contribution in [0.25, 0.3) is 0 Å². The quantitative estimate of drug-likeness (QED) is 0.391. The normalized spacial score (nSPS) is 42.5. The molecule has 3 fully saturated rings. The first-order chi connectivity index (χ1) is 14.7. The average molecular weight is 431 g/mol. The van der Waals surface area contributed by atoms with Crippen LogP contribution in [-0.4, -0.2) is 24.6 Å². The van der Waals surface area contributed by atoms with Gasteiger partial charge in [-0.1, -0.05) is 32.4 Å². The fourth-order valence-electron chi connectivity index (χ4n) is 8.56. The number of carbonyl (C=O) groups excluding carboxylic acids is 2. The molecule has 4 rings (SSSR count). The van der Waals surface area contributed by atoms with Gasteiger partial charge in [0.2, 0.25) is 0 Å². The van der Waals surface area contributed by atoms with Crippen LogP contribution in [0.15, 0.2) is 11.6 Å². The van der Waals surface area contributed by atoms with E-state index in [4.69, 9.17) is 9.47 Å². The fraction of sp³-hybridized carbons (Fsp3) is 0.852. The van der Waals surface area contributed by atoms with Crippen molar-refractivity contribution in [1.29, 1.82) is 0 Å². The van der Waals surface area contributed by atoms with Crippen LogP contribution in [0.1, 0.15) is 92.4 Å². The summed E-state index contributed by atoms with van der Waals surface area (Å²) >= 11 is 0. The number of ether oxygens (including phenoxy) is 2. The Hall–Kier alpha value is -1.32. The summed E-state index contributed by atoms with van der Waals surface area (Å²) in [5.41, 5.74) is 2.18. The van der Waals surface area contributed by atoms with Crippen LogP contribution in [-0.2, 0) is 19.1 Å². The van der Waals surface area contributed by atoms with Crippen LogP contribution in [0.5, 0.6) is 0 Å². The summed E-state index contributed by atoms with van der Waals surface area (Å²) in [7, 11) is 0. The Morgan fingerprint density at radius 3 is 2.61 bits per heavy atom. The Bertz CT molecular complexity index is 742. The third-order valence-electron chi connectivity index (χ3n) is 9.95. The molecule has 0 aromatic carbocycles. The van der Waals surface area contributed by atoms with Crippen molar-refractivity contribution < 1.29 is 19.1 Å². The second-order valence-corrected chi connectivity index (χ2v) is 11.4. The van der Waals surface area contributed by atoms with Crippen molar-refractivity contribution in [3.8, 4) is 0 Å². The molecular weight excluding hydrogens is 388 g/mol. The highest BCUT2D eigenvalue weighted by atomic mass is 16.5. The molecule has 3 saturated carbocycles. The highest BCUT2D eigenvalue weighted by molar-refractivity contribution is 5.69. The first-order valence-electron chi connectivity index (χ1n) is 12.7. The molecule has 174 valence electrons. The van der Waals surface area contributed by atoms with Crippen LogP contribution in [0, 0.1) is 40.4 Å².